The largest absolute Gasteiger partial charge is 0.309 e. The molecule has 0 N–H and O–H groups in total. The van der Waals surface area contributed by atoms with Crippen LogP contribution < -0.4 is 4.90 Å². The number of aromatic nitrogens is 1. The van der Waals surface area contributed by atoms with Crippen LogP contribution in [0.1, 0.15) is 16.8 Å². The number of carbonyl (C=O) groups is 1. The van der Waals surface area contributed by atoms with Crippen molar-refractivity contribution in [3.8, 4) is 0 Å². The maximum atomic E-state index is 14.1. The molecule has 1 amide bonds. The minimum atomic E-state index is -0.940. The molecule has 0 fully saturated rings. The molecule has 3 rings (SSSR count). The molecular weight excluding hydrogens is 375 g/mol. The van der Waals surface area contributed by atoms with Gasteiger partial charge < -0.3 is 4.90 Å². The molecule has 0 unspecified atom stereocenters. The van der Waals surface area contributed by atoms with Gasteiger partial charge in [-0.05, 0) is 51.3 Å². The van der Waals surface area contributed by atoms with Crippen LogP contribution in [-0.4, -0.2) is 43.0 Å². The average Bonchev–Trinajstić information content (AvgIpc) is 3.03. The Bertz CT molecular complexity index is 974. The van der Waals surface area contributed by atoms with Gasteiger partial charge in [0.25, 0.3) is 5.91 Å². The number of halogens is 3. The lowest BCUT2D eigenvalue weighted by molar-refractivity contribution is 0.0982. The van der Waals surface area contributed by atoms with Gasteiger partial charge in [-0.1, -0.05) is 17.4 Å². The zero-order chi connectivity index (χ0) is 19.6. The van der Waals surface area contributed by atoms with Crippen LogP contribution in [0, 0.1) is 17.5 Å². The van der Waals surface area contributed by atoms with E-state index in [4.69, 9.17) is 0 Å². The summed E-state index contributed by atoms with van der Waals surface area (Å²) in [6.07, 6.45) is 0.611. The van der Waals surface area contributed by atoms with E-state index in [1.807, 2.05) is 19.0 Å². The summed E-state index contributed by atoms with van der Waals surface area (Å²) in [7, 11) is 3.80. The van der Waals surface area contributed by atoms with Crippen LogP contribution in [-0.2, 0) is 0 Å². The van der Waals surface area contributed by atoms with Gasteiger partial charge in [0.1, 0.15) is 23.0 Å². The van der Waals surface area contributed by atoms with Crippen molar-refractivity contribution in [3.05, 3.63) is 59.4 Å². The van der Waals surface area contributed by atoms with E-state index in [0.29, 0.717) is 23.7 Å². The molecule has 1 heterocycles. The third-order valence-corrected chi connectivity index (χ3v) is 5.03. The van der Waals surface area contributed by atoms with Gasteiger partial charge in [0.05, 0.1) is 10.3 Å². The number of nitrogens with zero attached hydrogens (tertiary/aromatic N) is 3. The standard InChI is InChI=1S/C19H18F3N3OS/c1-24(2)9-4-10-25(18(26)13-8-7-12(20)11-15(13)22)19-23-17-14(21)5-3-6-16(17)27-19/h3,5-8,11H,4,9-10H2,1-2H3. The second kappa shape index (κ2) is 8.06. The molecule has 0 saturated heterocycles. The first-order valence-corrected chi connectivity index (χ1v) is 9.15. The van der Waals surface area contributed by atoms with Crippen molar-refractivity contribution in [2.75, 3.05) is 32.1 Å². The van der Waals surface area contributed by atoms with E-state index < -0.39 is 23.4 Å². The van der Waals surface area contributed by atoms with Crippen molar-refractivity contribution in [1.29, 1.82) is 0 Å². The van der Waals surface area contributed by atoms with E-state index in [1.54, 1.807) is 12.1 Å². The van der Waals surface area contributed by atoms with E-state index >= 15 is 0 Å². The predicted octanol–water partition coefficient (Wildman–Crippen LogP) is 4.31. The highest BCUT2D eigenvalue weighted by molar-refractivity contribution is 7.22. The maximum Gasteiger partial charge on any atom is 0.263 e. The minimum Gasteiger partial charge on any atom is -0.309 e. The van der Waals surface area contributed by atoms with E-state index in [1.165, 1.54) is 11.0 Å². The molecular formula is C19H18F3N3OS. The lowest BCUT2D eigenvalue weighted by Crippen LogP contribution is -2.34. The van der Waals surface area contributed by atoms with E-state index in [0.717, 1.165) is 23.5 Å². The Morgan fingerprint density at radius 2 is 1.85 bits per heavy atom. The van der Waals surface area contributed by atoms with Crippen molar-refractivity contribution in [1.82, 2.24) is 9.88 Å². The first kappa shape index (κ1) is 19.3. The van der Waals surface area contributed by atoms with Gasteiger partial charge in [-0.25, -0.2) is 18.2 Å². The molecule has 8 heteroatoms. The molecule has 27 heavy (non-hydrogen) atoms. The summed E-state index contributed by atoms with van der Waals surface area (Å²) in [5.74, 6) is -2.82. The van der Waals surface area contributed by atoms with E-state index in [2.05, 4.69) is 4.98 Å². The smallest absolute Gasteiger partial charge is 0.263 e. The first-order chi connectivity index (χ1) is 12.9. The van der Waals surface area contributed by atoms with Gasteiger partial charge in [-0.3, -0.25) is 9.69 Å². The van der Waals surface area contributed by atoms with Crippen LogP contribution in [0.15, 0.2) is 36.4 Å². The van der Waals surface area contributed by atoms with E-state index in [-0.39, 0.29) is 22.8 Å². The summed E-state index contributed by atoms with van der Waals surface area (Å²) >= 11 is 1.15. The number of carbonyl (C=O) groups excluding carboxylic acids is 1. The van der Waals surface area contributed by atoms with Gasteiger partial charge in [0.15, 0.2) is 5.13 Å². The molecule has 0 bridgehead atoms. The first-order valence-electron chi connectivity index (χ1n) is 8.33. The molecule has 3 aromatic rings. The Hall–Kier alpha value is -2.45. The SMILES string of the molecule is CN(C)CCCN(C(=O)c1ccc(F)cc1F)c1nc2c(F)cccc2s1. The topological polar surface area (TPSA) is 36.4 Å². The fourth-order valence-corrected chi connectivity index (χ4v) is 3.66. The highest BCUT2D eigenvalue weighted by atomic mass is 32.1. The van der Waals surface area contributed by atoms with Crippen molar-refractivity contribution in [3.63, 3.8) is 0 Å². The van der Waals surface area contributed by atoms with Crippen LogP contribution >= 0.6 is 11.3 Å². The molecule has 1 aromatic heterocycles. The number of hydrogen-bond acceptors (Lipinski definition) is 4. The second-order valence-electron chi connectivity index (χ2n) is 6.32. The lowest BCUT2D eigenvalue weighted by Gasteiger charge is -2.21. The molecule has 4 nitrogen and oxygen atoms in total. The number of para-hydroxylation sites is 1. The number of benzene rings is 2. The summed E-state index contributed by atoms with van der Waals surface area (Å²) in [6.45, 7) is 0.976. The Morgan fingerprint density at radius 1 is 1.07 bits per heavy atom. The van der Waals surface area contributed by atoms with Crippen LogP contribution in [0.2, 0.25) is 0 Å². The summed E-state index contributed by atoms with van der Waals surface area (Å²) < 4.78 is 41.9. The number of hydrogen-bond donors (Lipinski definition) is 0. The second-order valence-corrected chi connectivity index (χ2v) is 7.33. The Labute approximate surface area is 158 Å². The van der Waals surface area contributed by atoms with E-state index in [9.17, 15) is 18.0 Å². The zero-order valence-corrected chi connectivity index (χ0v) is 15.7. The molecule has 0 spiro atoms. The number of thiazole rings is 1. The predicted molar refractivity (Wildman–Crippen MR) is 101 cm³/mol. The third-order valence-electron chi connectivity index (χ3n) is 3.98. The quantitative estimate of drug-likeness (QED) is 0.626. The Balaban J connectivity index is 1.98. The monoisotopic (exact) mass is 393 g/mol. The molecule has 0 aliphatic carbocycles. The number of fused-ring (bicyclic) bond motifs is 1. The molecule has 0 aliphatic heterocycles. The van der Waals surface area contributed by atoms with Crippen LogP contribution in [0.5, 0.6) is 0 Å². The summed E-state index contributed by atoms with van der Waals surface area (Å²) in [4.78, 5) is 20.5. The average molecular weight is 393 g/mol. The third kappa shape index (κ3) is 4.28. The zero-order valence-electron chi connectivity index (χ0n) is 14.9. The minimum absolute atomic E-state index is 0.169. The van der Waals surface area contributed by atoms with Crippen molar-refractivity contribution < 1.29 is 18.0 Å². The number of rotatable bonds is 6. The van der Waals surface area contributed by atoms with Gasteiger partial charge in [-0.15, -0.1) is 0 Å². The molecule has 0 saturated carbocycles. The normalized spacial score (nSPS) is 11.3. The van der Waals surface area contributed by atoms with Gasteiger partial charge in [-0.2, -0.15) is 0 Å². The van der Waals surface area contributed by atoms with Gasteiger partial charge in [0.2, 0.25) is 0 Å². The fourth-order valence-electron chi connectivity index (χ4n) is 2.66. The summed E-state index contributed by atoms with van der Waals surface area (Å²) in [6, 6.07) is 7.39. The number of anilines is 1. The molecule has 2 aromatic carbocycles. The fraction of sp³-hybridized carbons (Fsp3) is 0.263. The lowest BCUT2D eigenvalue weighted by atomic mass is 10.2. The Morgan fingerprint density at radius 3 is 2.52 bits per heavy atom. The van der Waals surface area contributed by atoms with Gasteiger partial charge in [0, 0.05) is 12.6 Å². The van der Waals surface area contributed by atoms with Crippen LogP contribution in [0.3, 0.4) is 0 Å². The Kier molecular flexibility index (Phi) is 5.76. The van der Waals surface area contributed by atoms with Crippen LogP contribution in [0.25, 0.3) is 10.2 Å². The highest BCUT2D eigenvalue weighted by Gasteiger charge is 2.24. The van der Waals surface area contributed by atoms with Crippen molar-refractivity contribution >= 4 is 32.6 Å². The molecule has 0 aliphatic rings. The maximum absolute atomic E-state index is 14.1. The summed E-state index contributed by atoms with van der Waals surface area (Å²) in [5, 5.41) is 0.280. The highest BCUT2D eigenvalue weighted by Crippen LogP contribution is 2.31. The molecule has 0 atom stereocenters. The molecule has 0 radical (unpaired) electrons. The number of amides is 1. The van der Waals surface area contributed by atoms with Crippen molar-refractivity contribution in [2.24, 2.45) is 0 Å². The summed E-state index contributed by atoms with van der Waals surface area (Å²) in [5.41, 5.74) is -0.0801. The van der Waals surface area contributed by atoms with Crippen LogP contribution in [0.4, 0.5) is 18.3 Å². The molecule has 142 valence electrons. The van der Waals surface area contributed by atoms with Crippen molar-refractivity contribution in [2.45, 2.75) is 6.42 Å². The van der Waals surface area contributed by atoms with Gasteiger partial charge >= 0.3 is 0 Å².